The Morgan fingerprint density at radius 1 is 1.36 bits per heavy atom. The molecule has 1 aromatic rings. The van der Waals surface area contributed by atoms with Crippen LogP contribution in [0, 0.1) is 5.92 Å². The molecule has 124 valence electrons. The van der Waals surface area contributed by atoms with E-state index in [1.54, 1.807) is 12.1 Å². The molecule has 0 saturated carbocycles. The molecule has 1 saturated heterocycles. The lowest BCUT2D eigenvalue weighted by atomic mass is 10.0. The summed E-state index contributed by atoms with van der Waals surface area (Å²) in [5.41, 5.74) is 6.74. The summed E-state index contributed by atoms with van der Waals surface area (Å²) in [7, 11) is 0. The largest absolute Gasteiger partial charge is 0.370 e. The van der Waals surface area contributed by atoms with Crippen LogP contribution in [0.5, 0.6) is 0 Å². The molecule has 3 unspecified atom stereocenters. The van der Waals surface area contributed by atoms with Crippen molar-refractivity contribution in [1.82, 2.24) is 4.90 Å². The molecular formula is C15H21Cl3N2O2. The molecule has 1 aromatic carbocycles. The summed E-state index contributed by atoms with van der Waals surface area (Å²) in [5, 5.41) is 1.000. The molecule has 1 aliphatic rings. The molecule has 0 spiro atoms. The van der Waals surface area contributed by atoms with Gasteiger partial charge in [0.25, 0.3) is 0 Å². The van der Waals surface area contributed by atoms with Gasteiger partial charge in [-0.15, -0.1) is 12.4 Å². The van der Waals surface area contributed by atoms with Crippen molar-refractivity contribution in [3.8, 4) is 0 Å². The predicted octanol–water partition coefficient (Wildman–Crippen LogP) is 3.30. The average Bonchev–Trinajstić information content (AvgIpc) is 2.48. The van der Waals surface area contributed by atoms with Crippen molar-refractivity contribution in [3.63, 3.8) is 0 Å². The maximum absolute atomic E-state index is 12.4. The van der Waals surface area contributed by atoms with Gasteiger partial charge in [0, 0.05) is 12.6 Å². The highest BCUT2D eigenvalue weighted by Crippen LogP contribution is 2.29. The highest BCUT2D eigenvalue weighted by Gasteiger charge is 2.29. The third kappa shape index (κ3) is 4.49. The van der Waals surface area contributed by atoms with Crippen molar-refractivity contribution in [3.05, 3.63) is 33.8 Å². The fourth-order valence-corrected chi connectivity index (χ4v) is 2.58. The first-order chi connectivity index (χ1) is 9.90. The Morgan fingerprint density at radius 3 is 2.64 bits per heavy atom. The first-order valence-electron chi connectivity index (χ1n) is 7.01. The van der Waals surface area contributed by atoms with Crippen LogP contribution in [-0.2, 0) is 9.53 Å². The molecule has 4 nitrogen and oxygen atoms in total. The van der Waals surface area contributed by atoms with Crippen LogP contribution in [0.3, 0.4) is 0 Å². The standard InChI is InChI=1S/C15H20Cl2N2O2.ClH/c1-9(10(2)18)15(20)19-5-6-21-14(8-19)11-3-4-12(16)13(17)7-11;/h3-4,7,9-10,14H,5-6,8,18H2,1-2H3;1H. The molecule has 2 N–H and O–H groups in total. The molecule has 1 fully saturated rings. The molecule has 3 atom stereocenters. The number of carbonyl (C=O) groups excluding carboxylic acids is 1. The first-order valence-corrected chi connectivity index (χ1v) is 7.76. The topological polar surface area (TPSA) is 55.6 Å². The second-order valence-electron chi connectivity index (χ2n) is 5.47. The van der Waals surface area contributed by atoms with Gasteiger partial charge in [0.2, 0.25) is 5.91 Å². The van der Waals surface area contributed by atoms with E-state index in [-0.39, 0.29) is 36.4 Å². The van der Waals surface area contributed by atoms with Crippen molar-refractivity contribution in [2.75, 3.05) is 19.7 Å². The van der Waals surface area contributed by atoms with Gasteiger partial charge in [0.15, 0.2) is 0 Å². The van der Waals surface area contributed by atoms with E-state index in [0.29, 0.717) is 29.7 Å². The van der Waals surface area contributed by atoms with Gasteiger partial charge >= 0.3 is 0 Å². The quantitative estimate of drug-likeness (QED) is 0.892. The minimum atomic E-state index is -0.197. The van der Waals surface area contributed by atoms with Crippen LogP contribution in [0.25, 0.3) is 0 Å². The van der Waals surface area contributed by atoms with E-state index in [1.807, 2.05) is 24.8 Å². The summed E-state index contributed by atoms with van der Waals surface area (Å²) in [6, 6.07) is 5.25. The smallest absolute Gasteiger partial charge is 0.227 e. The molecule has 1 heterocycles. The van der Waals surface area contributed by atoms with E-state index in [4.69, 9.17) is 33.7 Å². The molecule has 0 radical (unpaired) electrons. The van der Waals surface area contributed by atoms with Crippen molar-refractivity contribution >= 4 is 41.5 Å². The summed E-state index contributed by atoms with van der Waals surface area (Å²) in [4.78, 5) is 14.2. The van der Waals surface area contributed by atoms with Crippen LogP contribution in [0.1, 0.15) is 25.5 Å². The summed E-state index contributed by atoms with van der Waals surface area (Å²) in [6.45, 7) is 5.31. The molecule has 0 bridgehead atoms. The number of benzene rings is 1. The van der Waals surface area contributed by atoms with E-state index in [1.165, 1.54) is 0 Å². The lowest BCUT2D eigenvalue weighted by Crippen LogP contribution is -2.47. The van der Waals surface area contributed by atoms with Gasteiger partial charge in [-0.1, -0.05) is 36.2 Å². The zero-order valence-corrected chi connectivity index (χ0v) is 14.9. The van der Waals surface area contributed by atoms with E-state index < -0.39 is 0 Å². The minimum Gasteiger partial charge on any atom is -0.370 e. The third-order valence-corrected chi connectivity index (χ3v) is 4.61. The molecule has 1 aliphatic heterocycles. The number of halogens is 3. The fraction of sp³-hybridized carbons (Fsp3) is 0.533. The van der Waals surface area contributed by atoms with Crippen LogP contribution < -0.4 is 5.73 Å². The summed E-state index contributed by atoms with van der Waals surface area (Å²) in [5.74, 6) is -0.129. The van der Waals surface area contributed by atoms with Gasteiger partial charge in [-0.05, 0) is 24.6 Å². The molecule has 0 aliphatic carbocycles. The van der Waals surface area contributed by atoms with Crippen LogP contribution in [0.2, 0.25) is 10.0 Å². The Morgan fingerprint density at radius 2 is 2.05 bits per heavy atom. The van der Waals surface area contributed by atoms with E-state index in [9.17, 15) is 4.79 Å². The number of carbonyl (C=O) groups is 1. The van der Waals surface area contributed by atoms with Crippen LogP contribution in [0.4, 0.5) is 0 Å². The Bertz CT molecular complexity index is 526. The molecule has 1 amide bonds. The Hall–Kier alpha value is -0.520. The molecule has 2 rings (SSSR count). The normalized spacial score (nSPS) is 21.0. The highest BCUT2D eigenvalue weighted by atomic mass is 35.5. The van der Waals surface area contributed by atoms with Crippen molar-refractivity contribution in [2.24, 2.45) is 11.7 Å². The SMILES string of the molecule is CC(N)C(C)C(=O)N1CCOC(c2ccc(Cl)c(Cl)c2)C1.Cl. The summed E-state index contributed by atoms with van der Waals surface area (Å²) in [6.07, 6.45) is -0.183. The molecule has 22 heavy (non-hydrogen) atoms. The predicted molar refractivity (Wildman–Crippen MR) is 91.8 cm³/mol. The second-order valence-corrected chi connectivity index (χ2v) is 6.28. The molecule has 0 aromatic heterocycles. The second kappa shape index (κ2) is 8.37. The molecular weight excluding hydrogens is 347 g/mol. The number of hydrogen-bond acceptors (Lipinski definition) is 3. The van der Waals surface area contributed by atoms with Gasteiger partial charge in [0.05, 0.1) is 29.1 Å². The van der Waals surface area contributed by atoms with E-state index >= 15 is 0 Å². The highest BCUT2D eigenvalue weighted by molar-refractivity contribution is 6.42. The number of nitrogens with two attached hydrogens (primary N) is 1. The number of nitrogens with zero attached hydrogens (tertiary/aromatic N) is 1. The first kappa shape index (κ1) is 19.5. The monoisotopic (exact) mass is 366 g/mol. The summed E-state index contributed by atoms with van der Waals surface area (Å²) >= 11 is 12.0. The zero-order valence-electron chi connectivity index (χ0n) is 12.6. The minimum absolute atomic E-state index is 0. The third-order valence-electron chi connectivity index (χ3n) is 3.87. The zero-order chi connectivity index (χ0) is 15.6. The fourth-order valence-electron chi connectivity index (χ4n) is 2.28. The van der Waals surface area contributed by atoms with Gasteiger partial charge < -0.3 is 15.4 Å². The Kier molecular flexibility index (Phi) is 7.42. The van der Waals surface area contributed by atoms with Crippen LogP contribution in [0.15, 0.2) is 18.2 Å². The van der Waals surface area contributed by atoms with E-state index in [2.05, 4.69) is 0 Å². The van der Waals surface area contributed by atoms with Crippen molar-refractivity contribution < 1.29 is 9.53 Å². The Labute approximate surface area is 147 Å². The lowest BCUT2D eigenvalue weighted by molar-refractivity contribution is -0.143. The maximum atomic E-state index is 12.4. The number of amides is 1. The number of morpholine rings is 1. The van der Waals surface area contributed by atoms with Gasteiger partial charge in [0.1, 0.15) is 6.10 Å². The number of hydrogen-bond donors (Lipinski definition) is 1. The number of ether oxygens (including phenoxy) is 1. The van der Waals surface area contributed by atoms with Crippen molar-refractivity contribution in [1.29, 1.82) is 0 Å². The van der Waals surface area contributed by atoms with Crippen molar-refractivity contribution in [2.45, 2.75) is 26.0 Å². The average molecular weight is 368 g/mol. The van der Waals surface area contributed by atoms with Gasteiger partial charge in [-0.3, -0.25) is 4.79 Å². The van der Waals surface area contributed by atoms with Crippen LogP contribution >= 0.6 is 35.6 Å². The van der Waals surface area contributed by atoms with Crippen LogP contribution in [-0.4, -0.2) is 36.5 Å². The van der Waals surface area contributed by atoms with E-state index in [0.717, 1.165) is 5.56 Å². The van der Waals surface area contributed by atoms with Gasteiger partial charge in [-0.2, -0.15) is 0 Å². The summed E-state index contributed by atoms with van der Waals surface area (Å²) < 4.78 is 5.75. The number of rotatable bonds is 3. The molecule has 7 heteroatoms. The lowest BCUT2D eigenvalue weighted by Gasteiger charge is -2.35. The Balaban J connectivity index is 0.00000242. The van der Waals surface area contributed by atoms with Gasteiger partial charge in [-0.25, -0.2) is 0 Å². The maximum Gasteiger partial charge on any atom is 0.227 e.